The van der Waals surface area contributed by atoms with Crippen molar-refractivity contribution in [2.24, 2.45) is 0 Å². The van der Waals surface area contributed by atoms with Gasteiger partial charge < -0.3 is 14.4 Å². The third kappa shape index (κ3) is 3.82. The first-order valence-corrected chi connectivity index (χ1v) is 8.05. The number of hydrogen-bond acceptors (Lipinski definition) is 7. The van der Waals surface area contributed by atoms with Crippen LogP contribution in [0.15, 0.2) is 59.4 Å². The quantitative estimate of drug-likeness (QED) is 0.559. The van der Waals surface area contributed by atoms with Gasteiger partial charge in [-0.2, -0.15) is 10.1 Å². The molecule has 0 saturated carbocycles. The Morgan fingerprint density at radius 2 is 1.96 bits per heavy atom. The monoisotopic (exact) mass is 367 g/mol. The maximum Gasteiger partial charge on any atom is 0.252 e. The van der Waals surface area contributed by atoms with Crippen LogP contribution in [0.5, 0.6) is 11.5 Å². The number of halogens is 1. The van der Waals surface area contributed by atoms with E-state index in [0.717, 1.165) is 5.56 Å². The molecule has 4 aromatic rings. The number of hydrogen-bond donors (Lipinski definition) is 1. The largest absolute Gasteiger partial charge is 0.457 e. The van der Waals surface area contributed by atoms with Crippen molar-refractivity contribution >= 4 is 0 Å². The summed E-state index contributed by atoms with van der Waals surface area (Å²) in [7, 11) is 0. The van der Waals surface area contributed by atoms with Gasteiger partial charge in [0, 0.05) is 5.56 Å². The van der Waals surface area contributed by atoms with Crippen molar-refractivity contribution in [3.05, 3.63) is 72.4 Å². The molecule has 0 amide bonds. The second-order valence-electron chi connectivity index (χ2n) is 5.59. The van der Waals surface area contributed by atoms with Crippen molar-refractivity contribution in [3.63, 3.8) is 0 Å². The van der Waals surface area contributed by atoms with Crippen LogP contribution in [-0.2, 0) is 13.2 Å². The molecule has 0 radical (unpaired) electrons. The van der Waals surface area contributed by atoms with E-state index in [0.29, 0.717) is 23.1 Å². The molecule has 136 valence electrons. The Labute approximate surface area is 152 Å². The molecule has 2 aromatic carbocycles. The van der Waals surface area contributed by atoms with Crippen LogP contribution < -0.4 is 4.74 Å². The van der Waals surface area contributed by atoms with Crippen molar-refractivity contribution in [1.82, 2.24) is 24.9 Å². The van der Waals surface area contributed by atoms with E-state index in [9.17, 15) is 4.39 Å². The molecule has 0 spiro atoms. The first-order chi connectivity index (χ1) is 13.2. The highest BCUT2D eigenvalue weighted by Crippen LogP contribution is 2.26. The zero-order valence-electron chi connectivity index (χ0n) is 14.0. The lowest BCUT2D eigenvalue weighted by Gasteiger charge is -2.08. The molecule has 0 bridgehead atoms. The highest BCUT2D eigenvalue weighted by molar-refractivity contribution is 5.58. The molecule has 0 unspecified atom stereocenters. The third-order valence-electron chi connectivity index (χ3n) is 3.69. The van der Waals surface area contributed by atoms with E-state index in [-0.39, 0.29) is 24.9 Å². The Balaban J connectivity index is 1.57. The van der Waals surface area contributed by atoms with Gasteiger partial charge in [0.25, 0.3) is 5.89 Å². The van der Waals surface area contributed by atoms with E-state index < -0.39 is 0 Å². The zero-order valence-corrected chi connectivity index (χ0v) is 14.0. The highest BCUT2D eigenvalue weighted by Gasteiger charge is 2.12. The molecular weight excluding hydrogens is 353 g/mol. The second kappa shape index (κ2) is 7.34. The predicted octanol–water partition coefficient (Wildman–Crippen LogP) is 2.80. The number of aliphatic hydroxyl groups excluding tert-OH is 1. The Bertz CT molecular complexity index is 1050. The van der Waals surface area contributed by atoms with E-state index in [2.05, 4.69) is 20.2 Å². The molecule has 0 aliphatic carbocycles. The lowest BCUT2D eigenvalue weighted by molar-refractivity contribution is 0.222. The van der Waals surface area contributed by atoms with Crippen LogP contribution >= 0.6 is 0 Å². The van der Waals surface area contributed by atoms with Gasteiger partial charge in [-0.25, -0.2) is 14.1 Å². The van der Waals surface area contributed by atoms with Gasteiger partial charge in [-0.05, 0) is 36.4 Å². The summed E-state index contributed by atoms with van der Waals surface area (Å²) in [5.74, 6) is 1.89. The Morgan fingerprint density at radius 1 is 1.11 bits per heavy atom. The molecule has 2 aromatic heterocycles. The Hall–Kier alpha value is -3.59. The minimum atomic E-state index is -0.324. The number of rotatable bonds is 6. The van der Waals surface area contributed by atoms with E-state index in [1.54, 1.807) is 28.9 Å². The summed E-state index contributed by atoms with van der Waals surface area (Å²) >= 11 is 0. The van der Waals surface area contributed by atoms with Crippen LogP contribution in [0.3, 0.4) is 0 Å². The first kappa shape index (κ1) is 16.9. The van der Waals surface area contributed by atoms with Crippen LogP contribution in [0.4, 0.5) is 4.39 Å². The van der Waals surface area contributed by atoms with Gasteiger partial charge in [0.15, 0.2) is 11.6 Å². The van der Waals surface area contributed by atoms with Gasteiger partial charge in [-0.15, -0.1) is 0 Å². The molecule has 1 N–H and O–H groups in total. The minimum Gasteiger partial charge on any atom is -0.457 e. The van der Waals surface area contributed by atoms with Crippen LogP contribution in [0.25, 0.3) is 11.4 Å². The molecule has 2 heterocycles. The normalized spacial score (nSPS) is 10.9. The average Bonchev–Trinajstić information content (AvgIpc) is 3.33. The molecule has 8 nitrogen and oxygen atoms in total. The summed E-state index contributed by atoms with van der Waals surface area (Å²) in [5.41, 5.74) is 0.776. The molecule has 0 aliphatic rings. The summed E-state index contributed by atoms with van der Waals surface area (Å²) in [6, 6.07) is 13.1. The van der Waals surface area contributed by atoms with Gasteiger partial charge in [0.05, 0.1) is 0 Å². The van der Waals surface area contributed by atoms with Crippen molar-refractivity contribution in [1.29, 1.82) is 0 Å². The summed E-state index contributed by atoms with van der Waals surface area (Å²) in [4.78, 5) is 8.33. The van der Waals surface area contributed by atoms with Crippen LogP contribution in [0.1, 0.15) is 11.7 Å². The van der Waals surface area contributed by atoms with Crippen molar-refractivity contribution < 1.29 is 18.8 Å². The van der Waals surface area contributed by atoms with E-state index in [1.165, 1.54) is 18.5 Å². The number of aliphatic hydroxyl groups is 1. The van der Waals surface area contributed by atoms with Crippen LogP contribution in [0.2, 0.25) is 0 Å². The van der Waals surface area contributed by atoms with Crippen LogP contribution in [0, 0.1) is 5.82 Å². The summed E-state index contributed by atoms with van der Waals surface area (Å²) < 4.78 is 25.3. The number of aromatic nitrogens is 5. The number of nitrogens with zero attached hydrogens (tertiary/aromatic N) is 5. The Kier molecular flexibility index (Phi) is 4.58. The maximum atomic E-state index is 13.0. The molecule has 0 saturated heterocycles. The van der Waals surface area contributed by atoms with Gasteiger partial charge >= 0.3 is 0 Å². The van der Waals surface area contributed by atoms with Crippen molar-refractivity contribution in [2.75, 3.05) is 0 Å². The maximum absolute atomic E-state index is 13.0. The molecule has 27 heavy (non-hydrogen) atoms. The van der Waals surface area contributed by atoms with E-state index in [4.69, 9.17) is 14.4 Å². The second-order valence-corrected chi connectivity index (χ2v) is 5.59. The molecule has 0 atom stereocenters. The molecule has 9 heteroatoms. The van der Waals surface area contributed by atoms with Crippen LogP contribution in [-0.4, -0.2) is 30.0 Å². The number of benzene rings is 2. The van der Waals surface area contributed by atoms with Gasteiger partial charge in [0.2, 0.25) is 0 Å². The smallest absolute Gasteiger partial charge is 0.252 e. The first-order valence-electron chi connectivity index (χ1n) is 8.05. The fourth-order valence-corrected chi connectivity index (χ4v) is 2.49. The molecular formula is C18H14FN5O3. The van der Waals surface area contributed by atoms with Gasteiger partial charge in [-0.3, -0.25) is 0 Å². The fourth-order valence-electron chi connectivity index (χ4n) is 2.49. The molecule has 0 fully saturated rings. The zero-order chi connectivity index (χ0) is 18.6. The summed E-state index contributed by atoms with van der Waals surface area (Å²) in [6.45, 7) is -0.0815. The topological polar surface area (TPSA) is 99.1 Å². The summed E-state index contributed by atoms with van der Waals surface area (Å²) in [6.07, 6.45) is 1.43. The number of ether oxygens (including phenoxy) is 1. The SMILES string of the molecule is OCc1nc(Cn2ncnc2-c2cccc(Oc3ccc(F)cc3)c2)no1. The summed E-state index contributed by atoms with van der Waals surface area (Å²) in [5, 5.41) is 17.0. The standard InChI is InChI=1S/C18H14FN5O3/c19-13-4-6-14(7-5-13)26-15-3-1-2-12(8-15)18-20-11-21-24(18)9-16-22-17(10-25)27-23-16/h1-8,11,25H,9-10H2. The van der Waals surface area contributed by atoms with Crippen molar-refractivity contribution in [2.45, 2.75) is 13.2 Å². The van der Waals surface area contributed by atoms with Gasteiger partial charge in [-0.1, -0.05) is 17.3 Å². The van der Waals surface area contributed by atoms with Gasteiger partial charge in [0.1, 0.15) is 36.8 Å². The van der Waals surface area contributed by atoms with Crippen molar-refractivity contribution in [3.8, 4) is 22.9 Å². The Morgan fingerprint density at radius 3 is 2.74 bits per heavy atom. The predicted molar refractivity (Wildman–Crippen MR) is 91.3 cm³/mol. The van der Waals surface area contributed by atoms with E-state index in [1.807, 2.05) is 12.1 Å². The third-order valence-corrected chi connectivity index (χ3v) is 3.69. The highest BCUT2D eigenvalue weighted by atomic mass is 19.1. The average molecular weight is 367 g/mol. The minimum absolute atomic E-state index is 0.140. The fraction of sp³-hybridized carbons (Fsp3) is 0.111. The molecule has 0 aliphatic heterocycles. The lowest BCUT2D eigenvalue weighted by Crippen LogP contribution is -2.05. The molecule has 4 rings (SSSR count). The lowest BCUT2D eigenvalue weighted by atomic mass is 10.2. The van der Waals surface area contributed by atoms with E-state index >= 15 is 0 Å².